The van der Waals surface area contributed by atoms with Gasteiger partial charge in [-0.15, -0.1) is 11.3 Å². The molecule has 0 saturated heterocycles. The van der Waals surface area contributed by atoms with Crippen LogP contribution in [0.25, 0.3) is 20.9 Å². The quantitative estimate of drug-likeness (QED) is 0.380. The van der Waals surface area contributed by atoms with Gasteiger partial charge in [-0.05, 0) is 29.0 Å². The smallest absolute Gasteiger partial charge is 0.283 e. The summed E-state index contributed by atoms with van der Waals surface area (Å²) in [6, 6.07) is 18.7. The molecule has 1 heterocycles. The molecular weight excluding hydrogens is 368 g/mol. The second-order valence-electron chi connectivity index (χ2n) is 5.70. The predicted molar refractivity (Wildman–Crippen MR) is 108 cm³/mol. The van der Waals surface area contributed by atoms with E-state index in [2.05, 4.69) is 10.5 Å². The van der Waals surface area contributed by atoms with E-state index in [9.17, 15) is 9.90 Å². The van der Waals surface area contributed by atoms with Crippen LogP contribution in [0.1, 0.15) is 15.2 Å². The summed E-state index contributed by atoms with van der Waals surface area (Å²) in [7, 11) is 0. The SMILES string of the molecule is O=C(N/N=C\c1cc2ccccc2cc1O)c1sc2ccccc2c1Cl. The number of carbonyl (C=O) groups is 1. The summed E-state index contributed by atoms with van der Waals surface area (Å²) in [5, 5.41) is 17.2. The number of benzene rings is 3. The monoisotopic (exact) mass is 380 g/mol. The number of nitrogens with one attached hydrogen (secondary N) is 1. The van der Waals surface area contributed by atoms with Gasteiger partial charge in [-0.1, -0.05) is 54.1 Å². The first-order valence-electron chi connectivity index (χ1n) is 7.85. The summed E-state index contributed by atoms with van der Waals surface area (Å²) in [4.78, 5) is 12.8. The molecule has 2 N–H and O–H groups in total. The summed E-state index contributed by atoms with van der Waals surface area (Å²) in [6.45, 7) is 0. The Morgan fingerprint density at radius 2 is 1.77 bits per heavy atom. The number of halogens is 1. The first-order valence-corrected chi connectivity index (χ1v) is 9.05. The highest BCUT2D eigenvalue weighted by atomic mass is 35.5. The number of aromatic hydroxyl groups is 1. The highest BCUT2D eigenvalue weighted by Crippen LogP contribution is 2.35. The van der Waals surface area contributed by atoms with Crippen molar-refractivity contribution in [2.75, 3.05) is 0 Å². The van der Waals surface area contributed by atoms with Crippen LogP contribution in [0.2, 0.25) is 5.02 Å². The zero-order valence-electron chi connectivity index (χ0n) is 13.4. The normalized spacial score (nSPS) is 11.4. The van der Waals surface area contributed by atoms with Gasteiger partial charge in [-0.25, -0.2) is 5.43 Å². The third-order valence-corrected chi connectivity index (χ3v) is 5.68. The highest BCUT2D eigenvalue weighted by Gasteiger charge is 2.16. The van der Waals surface area contributed by atoms with Gasteiger partial charge in [0.2, 0.25) is 0 Å². The van der Waals surface area contributed by atoms with Gasteiger partial charge in [-0.2, -0.15) is 5.10 Å². The zero-order valence-corrected chi connectivity index (χ0v) is 15.0. The van der Waals surface area contributed by atoms with E-state index in [-0.39, 0.29) is 11.7 Å². The van der Waals surface area contributed by atoms with E-state index < -0.39 is 0 Å². The van der Waals surface area contributed by atoms with Gasteiger partial charge in [0, 0.05) is 15.6 Å². The minimum absolute atomic E-state index is 0.0987. The van der Waals surface area contributed by atoms with E-state index in [0.29, 0.717) is 15.5 Å². The first-order chi connectivity index (χ1) is 12.6. The average Bonchev–Trinajstić information content (AvgIpc) is 2.99. The van der Waals surface area contributed by atoms with Gasteiger partial charge in [0.05, 0.1) is 11.2 Å². The van der Waals surface area contributed by atoms with E-state index in [1.54, 1.807) is 6.07 Å². The Morgan fingerprint density at radius 3 is 2.54 bits per heavy atom. The zero-order chi connectivity index (χ0) is 18.1. The van der Waals surface area contributed by atoms with Crippen molar-refractivity contribution in [3.05, 3.63) is 76.1 Å². The summed E-state index contributed by atoms with van der Waals surface area (Å²) in [6.07, 6.45) is 1.42. The topological polar surface area (TPSA) is 61.7 Å². The largest absolute Gasteiger partial charge is 0.507 e. The first kappa shape index (κ1) is 16.6. The Morgan fingerprint density at radius 1 is 1.08 bits per heavy atom. The molecule has 26 heavy (non-hydrogen) atoms. The minimum atomic E-state index is -0.382. The third kappa shape index (κ3) is 3.03. The molecule has 0 atom stereocenters. The van der Waals surface area contributed by atoms with E-state index in [0.717, 1.165) is 20.9 Å². The number of hydrogen-bond donors (Lipinski definition) is 2. The molecule has 4 aromatic rings. The molecule has 0 aliphatic heterocycles. The van der Waals surface area contributed by atoms with Crippen LogP contribution in [0.4, 0.5) is 0 Å². The number of phenolic OH excluding ortho intramolecular Hbond substituents is 1. The second kappa shape index (κ2) is 6.78. The van der Waals surface area contributed by atoms with Crippen molar-refractivity contribution in [2.24, 2.45) is 5.10 Å². The number of hydrogen-bond acceptors (Lipinski definition) is 4. The van der Waals surface area contributed by atoms with Crippen LogP contribution in [0, 0.1) is 0 Å². The lowest BCUT2D eigenvalue weighted by Gasteiger charge is -2.03. The van der Waals surface area contributed by atoms with Crippen LogP contribution in [0.5, 0.6) is 5.75 Å². The maximum atomic E-state index is 12.4. The fourth-order valence-corrected chi connectivity index (χ4v) is 4.13. The van der Waals surface area contributed by atoms with Crippen LogP contribution in [-0.2, 0) is 0 Å². The molecule has 6 heteroatoms. The molecule has 0 radical (unpaired) electrons. The Balaban J connectivity index is 1.57. The number of phenols is 1. The molecule has 4 rings (SSSR count). The van der Waals surface area contributed by atoms with Crippen molar-refractivity contribution in [1.82, 2.24) is 5.43 Å². The van der Waals surface area contributed by atoms with Crippen LogP contribution in [-0.4, -0.2) is 17.2 Å². The summed E-state index contributed by atoms with van der Waals surface area (Å²) in [5.41, 5.74) is 2.99. The van der Waals surface area contributed by atoms with Gasteiger partial charge < -0.3 is 5.11 Å². The van der Waals surface area contributed by atoms with Gasteiger partial charge in [0.15, 0.2) is 0 Å². The molecule has 4 nitrogen and oxygen atoms in total. The van der Waals surface area contributed by atoms with E-state index in [1.165, 1.54) is 17.6 Å². The van der Waals surface area contributed by atoms with Crippen molar-refractivity contribution < 1.29 is 9.90 Å². The second-order valence-corrected chi connectivity index (χ2v) is 7.13. The molecule has 0 aliphatic rings. The molecule has 0 saturated carbocycles. The number of nitrogens with zero attached hydrogens (tertiary/aromatic N) is 1. The Kier molecular flexibility index (Phi) is 4.32. The number of hydrazone groups is 1. The molecule has 0 fully saturated rings. The number of carbonyl (C=O) groups excluding carboxylic acids is 1. The number of rotatable bonds is 3. The van der Waals surface area contributed by atoms with Gasteiger partial charge in [0.1, 0.15) is 10.6 Å². The summed E-state index contributed by atoms with van der Waals surface area (Å²) < 4.78 is 0.943. The van der Waals surface area contributed by atoms with Crippen molar-refractivity contribution >= 4 is 55.9 Å². The Labute approximate surface area is 158 Å². The van der Waals surface area contributed by atoms with Crippen molar-refractivity contribution in [1.29, 1.82) is 0 Å². The fraction of sp³-hybridized carbons (Fsp3) is 0. The van der Waals surface area contributed by atoms with Crippen LogP contribution in [0.15, 0.2) is 65.8 Å². The third-order valence-electron chi connectivity index (χ3n) is 4.01. The van der Waals surface area contributed by atoms with Crippen LogP contribution in [0.3, 0.4) is 0 Å². The van der Waals surface area contributed by atoms with Crippen molar-refractivity contribution in [2.45, 2.75) is 0 Å². The summed E-state index contributed by atoms with van der Waals surface area (Å²) >= 11 is 7.61. The van der Waals surface area contributed by atoms with Crippen LogP contribution >= 0.6 is 22.9 Å². The Hall–Kier alpha value is -2.89. The summed E-state index contributed by atoms with van der Waals surface area (Å²) in [5.74, 6) is -0.283. The molecule has 3 aromatic carbocycles. The number of fused-ring (bicyclic) bond motifs is 2. The van der Waals surface area contributed by atoms with Crippen molar-refractivity contribution in [3.63, 3.8) is 0 Å². The number of amides is 1. The minimum Gasteiger partial charge on any atom is -0.507 e. The predicted octanol–water partition coefficient (Wildman–Crippen LogP) is 5.18. The maximum absolute atomic E-state index is 12.4. The molecule has 0 spiro atoms. The van der Waals surface area contributed by atoms with Gasteiger partial charge in [-0.3, -0.25) is 4.79 Å². The highest BCUT2D eigenvalue weighted by molar-refractivity contribution is 7.21. The number of thiophene rings is 1. The lowest BCUT2D eigenvalue weighted by Crippen LogP contribution is -2.16. The molecule has 1 amide bonds. The van der Waals surface area contributed by atoms with E-state index in [1.807, 2.05) is 54.6 Å². The Bertz CT molecular complexity index is 1170. The van der Waals surface area contributed by atoms with Crippen LogP contribution < -0.4 is 5.43 Å². The van der Waals surface area contributed by atoms with E-state index in [4.69, 9.17) is 11.6 Å². The molecular formula is C20H13ClN2O2S. The lowest BCUT2D eigenvalue weighted by molar-refractivity contribution is 0.0959. The molecule has 0 unspecified atom stereocenters. The molecule has 0 bridgehead atoms. The molecule has 0 aliphatic carbocycles. The molecule has 128 valence electrons. The van der Waals surface area contributed by atoms with E-state index >= 15 is 0 Å². The van der Waals surface area contributed by atoms with Gasteiger partial charge in [0.25, 0.3) is 5.91 Å². The maximum Gasteiger partial charge on any atom is 0.283 e. The lowest BCUT2D eigenvalue weighted by atomic mass is 10.1. The van der Waals surface area contributed by atoms with Crippen molar-refractivity contribution in [3.8, 4) is 5.75 Å². The standard InChI is InChI=1S/C20H13ClN2O2S/c21-18-15-7-3-4-8-17(15)26-19(18)20(25)23-22-11-14-9-12-5-1-2-6-13(12)10-16(14)24/h1-11,24H,(H,23,25)/b22-11-. The fourth-order valence-electron chi connectivity index (χ4n) is 2.72. The molecule has 1 aromatic heterocycles. The average molecular weight is 381 g/mol. The van der Waals surface area contributed by atoms with Gasteiger partial charge >= 0.3 is 0 Å².